The van der Waals surface area contributed by atoms with E-state index in [0.29, 0.717) is 0 Å². The second-order valence-corrected chi connectivity index (χ2v) is 5.94. The summed E-state index contributed by atoms with van der Waals surface area (Å²) in [7, 11) is 3.90. The van der Waals surface area contributed by atoms with E-state index in [1.165, 1.54) is 16.7 Å². The number of benzene rings is 1. The van der Waals surface area contributed by atoms with Crippen molar-refractivity contribution in [1.82, 2.24) is 14.9 Å². The van der Waals surface area contributed by atoms with Gasteiger partial charge in [-0.1, -0.05) is 6.07 Å². The van der Waals surface area contributed by atoms with Crippen LogP contribution in [-0.2, 0) is 13.0 Å². The summed E-state index contributed by atoms with van der Waals surface area (Å²) in [5, 5.41) is 1.13. The van der Waals surface area contributed by atoms with E-state index in [9.17, 15) is 0 Å². The minimum absolute atomic E-state index is 0.926. The van der Waals surface area contributed by atoms with Crippen molar-refractivity contribution in [3.63, 3.8) is 0 Å². The van der Waals surface area contributed by atoms with E-state index in [4.69, 9.17) is 4.74 Å². The highest BCUT2D eigenvalue weighted by atomic mass is 16.5. The van der Waals surface area contributed by atoms with Gasteiger partial charge in [-0.2, -0.15) is 0 Å². The van der Waals surface area contributed by atoms with Gasteiger partial charge in [-0.05, 0) is 42.8 Å². The van der Waals surface area contributed by atoms with Gasteiger partial charge in [0.05, 0.1) is 7.11 Å². The lowest BCUT2D eigenvalue weighted by atomic mass is 9.94. The van der Waals surface area contributed by atoms with Crippen LogP contribution in [0.25, 0.3) is 22.2 Å². The number of hydrogen-bond donors (Lipinski definition) is 1. The fourth-order valence-electron chi connectivity index (χ4n) is 3.21. The number of ether oxygens (including phenoxy) is 1. The number of H-pyrrole nitrogens is 1. The highest BCUT2D eigenvalue weighted by Gasteiger charge is 2.19. The lowest BCUT2D eigenvalue weighted by Crippen LogP contribution is -2.27. The van der Waals surface area contributed by atoms with E-state index >= 15 is 0 Å². The molecule has 1 N–H and O–H groups in total. The first-order valence-corrected chi connectivity index (χ1v) is 7.56. The third-order valence-electron chi connectivity index (χ3n) is 4.45. The average molecular weight is 293 g/mol. The molecule has 22 heavy (non-hydrogen) atoms. The summed E-state index contributed by atoms with van der Waals surface area (Å²) in [6.45, 7) is 2.04. The van der Waals surface area contributed by atoms with Crippen molar-refractivity contribution in [2.75, 3.05) is 20.7 Å². The molecule has 3 aromatic rings. The molecule has 0 spiro atoms. The lowest BCUT2D eigenvalue weighted by molar-refractivity contribution is 0.302. The molecule has 3 heterocycles. The molecule has 0 radical (unpaired) electrons. The molecule has 4 rings (SSSR count). The predicted octanol–water partition coefficient (Wildman–Crippen LogP) is 3.23. The Balaban J connectivity index is 1.84. The number of pyridine rings is 1. The molecular weight excluding hydrogens is 274 g/mol. The number of nitrogens with zero attached hydrogens (tertiary/aromatic N) is 2. The van der Waals surface area contributed by atoms with E-state index in [2.05, 4.69) is 46.2 Å². The van der Waals surface area contributed by atoms with Gasteiger partial charge in [-0.15, -0.1) is 0 Å². The molecule has 0 saturated carbocycles. The molecule has 0 fully saturated rings. The Hall–Kier alpha value is -2.33. The molecule has 0 saturated heterocycles. The molecule has 0 aliphatic carbocycles. The smallest absolute Gasteiger partial charge is 0.137 e. The van der Waals surface area contributed by atoms with Crippen LogP contribution in [0.15, 0.2) is 36.7 Å². The van der Waals surface area contributed by atoms with Crippen LogP contribution in [-0.4, -0.2) is 35.6 Å². The molecule has 1 aliphatic heterocycles. The Morgan fingerprint density at radius 1 is 1.23 bits per heavy atom. The number of aromatic nitrogens is 2. The fraction of sp³-hybridized carbons (Fsp3) is 0.278. The standard InChI is InChI=1S/C18H19N3O/c1-21-6-4-12-7-14(9-17(22-2)16(12)11-21)15-8-13-3-5-19-18(13)20-10-15/h3,5,7-10H,4,6,11H2,1-2H3,(H,19,20). The van der Waals surface area contributed by atoms with Gasteiger partial charge < -0.3 is 14.6 Å². The van der Waals surface area contributed by atoms with Crippen LogP contribution < -0.4 is 4.74 Å². The Morgan fingerprint density at radius 2 is 2.14 bits per heavy atom. The number of nitrogens with one attached hydrogen (secondary N) is 1. The Bertz CT molecular complexity index is 820. The zero-order chi connectivity index (χ0) is 15.1. The van der Waals surface area contributed by atoms with E-state index in [1.54, 1.807) is 7.11 Å². The number of methoxy groups -OCH3 is 1. The van der Waals surface area contributed by atoms with Crippen LogP contribution in [0.3, 0.4) is 0 Å². The molecule has 112 valence electrons. The van der Waals surface area contributed by atoms with E-state index in [-0.39, 0.29) is 0 Å². The fourth-order valence-corrected chi connectivity index (χ4v) is 3.21. The SMILES string of the molecule is COc1cc(-c2cnc3[nH]ccc3c2)cc2c1CN(C)CC2. The van der Waals surface area contributed by atoms with Crippen LogP contribution in [0.5, 0.6) is 5.75 Å². The molecule has 0 unspecified atom stereocenters. The number of hydrogen-bond acceptors (Lipinski definition) is 3. The molecule has 1 aliphatic rings. The maximum absolute atomic E-state index is 5.64. The van der Waals surface area contributed by atoms with Crippen molar-refractivity contribution < 1.29 is 4.74 Å². The molecule has 2 aromatic heterocycles. The van der Waals surface area contributed by atoms with Crippen LogP contribution >= 0.6 is 0 Å². The van der Waals surface area contributed by atoms with Crippen molar-refractivity contribution >= 4 is 11.0 Å². The van der Waals surface area contributed by atoms with E-state index < -0.39 is 0 Å². The second-order valence-electron chi connectivity index (χ2n) is 5.94. The Morgan fingerprint density at radius 3 is 3.00 bits per heavy atom. The van der Waals surface area contributed by atoms with Crippen molar-refractivity contribution in [3.05, 3.63) is 47.8 Å². The maximum Gasteiger partial charge on any atom is 0.137 e. The normalized spacial score (nSPS) is 15.0. The zero-order valence-electron chi connectivity index (χ0n) is 12.9. The van der Waals surface area contributed by atoms with E-state index in [1.807, 2.05) is 12.4 Å². The van der Waals surface area contributed by atoms with Gasteiger partial charge >= 0.3 is 0 Å². The third kappa shape index (κ3) is 2.16. The number of likely N-dealkylation sites (N-methyl/N-ethyl adjacent to an activating group) is 1. The van der Waals surface area contributed by atoms with Gasteiger partial charge in [0.2, 0.25) is 0 Å². The van der Waals surface area contributed by atoms with Gasteiger partial charge in [-0.3, -0.25) is 0 Å². The first-order valence-electron chi connectivity index (χ1n) is 7.56. The highest BCUT2D eigenvalue weighted by Crippen LogP contribution is 2.34. The Labute approximate surface area is 129 Å². The van der Waals surface area contributed by atoms with Crippen molar-refractivity contribution in [3.8, 4) is 16.9 Å². The predicted molar refractivity (Wildman–Crippen MR) is 88.1 cm³/mol. The lowest BCUT2D eigenvalue weighted by Gasteiger charge is -2.27. The summed E-state index contributed by atoms with van der Waals surface area (Å²) < 4.78 is 5.64. The Kier molecular flexibility index (Phi) is 3.12. The summed E-state index contributed by atoms with van der Waals surface area (Å²) >= 11 is 0. The number of aromatic amines is 1. The first kappa shape index (κ1) is 13.3. The summed E-state index contributed by atoms with van der Waals surface area (Å²) in [5.74, 6) is 0.980. The molecule has 1 aromatic carbocycles. The van der Waals surface area contributed by atoms with Crippen molar-refractivity contribution in [2.24, 2.45) is 0 Å². The molecule has 0 amide bonds. The summed E-state index contributed by atoms with van der Waals surface area (Å²) in [4.78, 5) is 9.96. The summed E-state index contributed by atoms with van der Waals surface area (Å²) in [6, 6.07) is 8.65. The molecule has 4 nitrogen and oxygen atoms in total. The van der Waals surface area contributed by atoms with Crippen LogP contribution in [0.1, 0.15) is 11.1 Å². The van der Waals surface area contributed by atoms with Crippen molar-refractivity contribution in [1.29, 1.82) is 0 Å². The monoisotopic (exact) mass is 293 g/mol. The minimum atomic E-state index is 0.926. The molecular formula is C18H19N3O. The van der Waals surface area contributed by atoms with E-state index in [0.717, 1.165) is 41.9 Å². The summed E-state index contributed by atoms with van der Waals surface area (Å²) in [5.41, 5.74) is 5.94. The van der Waals surface area contributed by atoms with Crippen LogP contribution in [0.2, 0.25) is 0 Å². The van der Waals surface area contributed by atoms with Crippen molar-refractivity contribution in [2.45, 2.75) is 13.0 Å². The van der Waals surface area contributed by atoms with Gasteiger partial charge in [0.15, 0.2) is 0 Å². The maximum atomic E-state index is 5.64. The van der Waals surface area contributed by atoms with Gasteiger partial charge in [0.1, 0.15) is 11.4 Å². The third-order valence-corrected chi connectivity index (χ3v) is 4.45. The topological polar surface area (TPSA) is 41.1 Å². The average Bonchev–Trinajstić information content (AvgIpc) is 3.01. The largest absolute Gasteiger partial charge is 0.496 e. The molecule has 0 atom stereocenters. The van der Waals surface area contributed by atoms with Gasteiger partial charge in [-0.25, -0.2) is 4.98 Å². The molecule has 0 bridgehead atoms. The number of fused-ring (bicyclic) bond motifs is 2. The number of rotatable bonds is 2. The quantitative estimate of drug-likeness (QED) is 0.788. The molecule has 4 heteroatoms. The van der Waals surface area contributed by atoms with Gasteiger partial charge in [0.25, 0.3) is 0 Å². The first-order chi connectivity index (χ1) is 10.7. The highest BCUT2D eigenvalue weighted by molar-refractivity contribution is 5.82. The van der Waals surface area contributed by atoms with Crippen LogP contribution in [0, 0.1) is 0 Å². The summed E-state index contributed by atoms with van der Waals surface area (Å²) in [6.07, 6.45) is 4.91. The second kappa shape index (κ2) is 5.14. The van der Waals surface area contributed by atoms with Gasteiger partial charge in [0, 0.05) is 42.0 Å². The van der Waals surface area contributed by atoms with Crippen LogP contribution in [0.4, 0.5) is 0 Å². The minimum Gasteiger partial charge on any atom is -0.496 e. The zero-order valence-corrected chi connectivity index (χ0v) is 12.9.